The van der Waals surface area contributed by atoms with Crippen LogP contribution in [0.3, 0.4) is 0 Å². The van der Waals surface area contributed by atoms with Gasteiger partial charge in [-0.15, -0.1) is 0 Å². The molecule has 0 radical (unpaired) electrons. The highest BCUT2D eigenvalue weighted by Crippen LogP contribution is 2.39. The largest absolute Gasteiger partial charge is 0.382 e. The van der Waals surface area contributed by atoms with Gasteiger partial charge in [0.2, 0.25) is 0 Å². The van der Waals surface area contributed by atoms with Crippen molar-refractivity contribution in [2.75, 3.05) is 20.8 Å². The van der Waals surface area contributed by atoms with Gasteiger partial charge in [-0.05, 0) is 0 Å². The van der Waals surface area contributed by atoms with Crippen LogP contribution in [-0.4, -0.2) is 45.4 Å². The maximum absolute atomic E-state index is 5.44. The molecule has 0 amide bonds. The molecule has 2 aliphatic rings. The Kier molecular flexibility index (Phi) is 1.85. The van der Waals surface area contributed by atoms with Crippen LogP contribution in [0.1, 0.15) is 0 Å². The van der Waals surface area contributed by atoms with Crippen molar-refractivity contribution in [1.82, 2.24) is 0 Å². The smallest absolute Gasteiger partial charge is 0.186 e. The first-order valence-corrected chi connectivity index (χ1v) is 3.69. The Morgan fingerprint density at radius 2 is 2.00 bits per heavy atom. The fraction of sp³-hybridized carbons (Fsp3) is 1.00. The van der Waals surface area contributed by atoms with Crippen LogP contribution in [0.4, 0.5) is 0 Å². The first-order chi connectivity index (χ1) is 5.36. The van der Waals surface area contributed by atoms with E-state index in [1.165, 1.54) is 0 Å². The van der Waals surface area contributed by atoms with Gasteiger partial charge in [0.15, 0.2) is 6.29 Å². The molecule has 0 bridgehead atoms. The Hall–Kier alpha value is -0.160. The molecule has 2 saturated heterocycles. The molecule has 0 aliphatic carbocycles. The van der Waals surface area contributed by atoms with Gasteiger partial charge in [-0.3, -0.25) is 0 Å². The molecule has 2 heterocycles. The summed E-state index contributed by atoms with van der Waals surface area (Å²) in [6.45, 7) is 0.584. The van der Waals surface area contributed by atoms with E-state index in [4.69, 9.17) is 18.9 Å². The van der Waals surface area contributed by atoms with Gasteiger partial charge in [-0.1, -0.05) is 0 Å². The zero-order valence-electron chi connectivity index (χ0n) is 6.65. The Morgan fingerprint density at radius 1 is 1.18 bits per heavy atom. The van der Waals surface area contributed by atoms with Gasteiger partial charge in [-0.2, -0.15) is 0 Å². The lowest BCUT2D eigenvalue weighted by atomic mass is 10.2. The summed E-state index contributed by atoms with van der Waals surface area (Å²) < 4.78 is 20.7. The van der Waals surface area contributed by atoms with E-state index < -0.39 is 0 Å². The molecule has 0 N–H and O–H groups in total. The van der Waals surface area contributed by atoms with Crippen LogP contribution >= 0.6 is 0 Å². The second-order valence-corrected chi connectivity index (χ2v) is 2.80. The summed E-state index contributed by atoms with van der Waals surface area (Å²) in [7, 11) is 3.28. The van der Waals surface area contributed by atoms with E-state index in [1.807, 2.05) is 0 Å². The molecule has 0 unspecified atom stereocenters. The average Bonchev–Trinajstić information content (AvgIpc) is 2.72. The van der Waals surface area contributed by atoms with Gasteiger partial charge < -0.3 is 18.9 Å². The zero-order valence-corrected chi connectivity index (χ0v) is 6.65. The summed E-state index contributed by atoms with van der Waals surface area (Å²) >= 11 is 0. The van der Waals surface area contributed by atoms with E-state index in [2.05, 4.69) is 0 Å². The highest BCUT2D eigenvalue weighted by molar-refractivity contribution is 4.99. The fourth-order valence-corrected chi connectivity index (χ4v) is 1.47. The maximum atomic E-state index is 5.44. The number of ether oxygens (including phenoxy) is 4. The molecule has 0 aromatic carbocycles. The summed E-state index contributed by atoms with van der Waals surface area (Å²) in [4.78, 5) is 0. The molecule has 0 aromatic heterocycles. The SMILES string of the molecule is COC[C@H]1O[C@H](OC)[C@H]2O[C@H]21. The normalized spacial score (nSPS) is 47.5. The lowest BCUT2D eigenvalue weighted by molar-refractivity contribution is -0.168. The summed E-state index contributed by atoms with van der Waals surface area (Å²) in [6, 6.07) is 0. The third-order valence-electron chi connectivity index (χ3n) is 2.07. The van der Waals surface area contributed by atoms with E-state index in [0.717, 1.165) is 0 Å². The van der Waals surface area contributed by atoms with Gasteiger partial charge in [0.1, 0.15) is 18.3 Å². The van der Waals surface area contributed by atoms with Gasteiger partial charge in [0.25, 0.3) is 0 Å². The summed E-state index contributed by atoms with van der Waals surface area (Å²) in [6.07, 6.45) is 0.246. The minimum absolute atomic E-state index is 0.0648. The second-order valence-electron chi connectivity index (χ2n) is 2.80. The average molecular weight is 160 g/mol. The summed E-state index contributed by atoms with van der Waals surface area (Å²) in [5, 5.41) is 0. The van der Waals surface area contributed by atoms with Crippen LogP contribution in [0.2, 0.25) is 0 Å². The third-order valence-corrected chi connectivity index (χ3v) is 2.07. The predicted octanol–water partition coefficient (Wildman–Crippen LogP) is -0.229. The van der Waals surface area contributed by atoms with Gasteiger partial charge >= 0.3 is 0 Å². The third kappa shape index (κ3) is 1.16. The van der Waals surface area contributed by atoms with Crippen LogP contribution in [0, 0.1) is 0 Å². The number of fused-ring (bicyclic) bond motifs is 1. The molecule has 2 rings (SSSR count). The van der Waals surface area contributed by atoms with Crippen molar-refractivity contribution in [1.29, 1.82) is 0 Å². The highest BCUT2D eigenvalue weighted by Gasteiger charge is 2.58. The van der Waals surface area contributed by atoms with Crippen LogP contribution in [-0.2, 0) is 18.9 Å². The molecule has 2 aliphatic heterocycles. The minimum atomic E-state index is -0.180. The molecule has 0 saturated carbocycles. The van der Waals surface area contributed by atoms with Crippen LogP contribution < -0.4 is 0 Å². The monoisotopic (exact) mass is 160 g/mol. The first kappa shape index (κ1) is 7.49. The zero-order chi connectivity index (χ0) is 7.84. The minimum Gasteiger partial charge on any atom is -0.382 e. The molecule has 4 atom stereocenters. The van der Waals surface area contributed by atoms with E-state index >= 15 is 0 Å². The second kappa shape index (κ2) is 2.71. The maximum Gasteiger partial charge on any atom is 0.186 e. The molecule has 0 aromatic rings. The van der Waals surface area contributed by atoms with E-state index in [-0.39, 0.29) is 24.6 Å². The Morgan fingerprint density at radius 3 is 2.55 bits per heavy atom. The fourth-order valence-electron chi connectivity index (χ4n) is 1.47. The Balaban J connectivity index is 1.87. The van der Waals surface area contributed by atoms with Gasteiger partial charge in [0, 0.05) is 14.2 Å². The number of hydrogen-bond donors (Lipinski definition) is 0. The summed E-state index contributed by atoms with van der Waals surface area (Å²) in [5.41, 5.74) is 0. The predicted molar refractivity (Wildman–Crippen MR) is 36.2 cm³/mol. The molecule has 64 valence electrons. The lowest BCUT2D eigenvalue weighted by Gasteiger charge is -2.14. The van der Waals surface area contributed by atoms with Crippen molar-refractivity contribution in [2.24, 2.45) is 0 Å². The quantitative estimate of drug-likeness (QED) is 0.535. The Labute approximate surface area is 65.4 Å². The molecule has 11 heavy (non-hydrogen) atoms. The topological polar surface area (TPSA) is 40.2 Å². The van der Waals surface area contributed by atoms with Gasteiger partial charge in [0.05, 0.1) is 6.61 Å². The van der Waals surface area contributed by atoms with Crippen molar-refractivity contribution in [3.63, 3.8) is 0 Å². The van der Waals surface area contributed by atoms with Crippen molar-refractivity contribution in [2.45, 2.75) is 24.6 Å². The number of epoxide rings is 1. The molecule has 4 heteroatoms. The molecular formula is C7H12O4. The van der Waals surface area contributed by atoms with Crippen LogP contribution in [0.15, 0.2) is 0 Å². The number of rotatable bonds is 3. The van der Waals surface area contributed by atoms with E-state index in [0.29, 0.717) is 6.61 Å². The first-order valence-electron chi connectivity index (χ1n) is 3.69. The van der Waals surface area contributed by atoms with Crippen molar-refractivity contribution >= 4 is 0 Å². The molecule has 4 nitrogen and oxygen atoms in total. The standard InChI is InChI=1S/C7H12O4/c1-8-3-4-5-6(11-5)7(9-2)10-4/h4-7H,3H2,1-2H3/t4-,5+,6+,7+/m1/s1. The number of hydrogen-bond acceptors (Lipinski definition) is 4. The van der Waals surface area contributed by atoms with Crippen LogP contribution in [0.25, 0.3) is 0 Å². The lowest BCUT2D eigenvalue weighted by Crippen LogP contribution is -2.24. The molecule has 0 spiro atoms. The van der Waals surface area contributed by atoms with Crippen molar-refractivity contribution in [3.8, 4) is 0 Å². The van der Waals surface area contributed by atoms with Crippen molar-refractivity contribution < 1.29 is 18.9 Å². The number of methoxy groups -OCH3 is 2. The molecule has 2 fully saturated rings. The van der Waals surface area contributed by atoms with E-state index in [9.17, 15) is 0 Å². The van der Waals surface area contributed by atoms with E-state index in [1.54, 1.807) is 14.2 Å². The van der Waals surface area contributed by atoms with Gasteiger partial charge in [-0.25, -0.2) is 0 Å². The van der Waals surface area contributed by atoms with Crippen LogP contribution in [0.5, 0.6) is 0 Å². The summed E-state index contributed by atoms with van der Waals surface area (Å²) in [5.74, 6) is 0. The Bertz CT molecular complexity index is 149. The van der Waals surface area contributed by atoms with Crippen molar-refractivity contribution in [3.05, 3.63) is 0 Å². The molecular weight excluding hydrogens is 148 g/mol. The highest BCUT2D eigenvalue weighted by atomic mass is 16.8.